The second kappa shape index (κ2) is 10.2. The van der Waals surface area contributed by atoms with Crippen molar-refractivity contribution in [3.63, 3.8) is 0 Å². The Balaban J connectivity index is 1.53. The number of imidazole rings is 1. The molecule has 4 aromatic rings. The van der Waals surface area contributed by atoms with Crippen LogP contribution < -0.4 is 0 Å². The Kier molecular flexibility index (Phi) is 6.98. The molecule has 0 saturated heterocycles. The Morgan fingerprint density at radius 1 is 0.838 bits per heavy atom. The quantitative estimate of drug-likeness (QED) is 0.298. The maximum absolute atomic E-state index is 13.5. The lowest BCUT2D eigenvalue weighted by molar-refractivity contribution is 0.386. The molecule has 0 amide bonds. The zero-order chi connectivity index (χ0) is 26.0. The van der Waals surface area contributed by atoms with E-state index in [0.717, 1.165) is 18.4 Å². The Morgan fingerprint density at radius 3 is 2.08 bits per heavy atom. The molecule has 0 bridgehead atoms. The summed E-state index contributed by atoms with van der Waals surface area (Å²) in [5.74, 6) is -0.804. The molecule has 7 nitrogen and oxygen atoms in total. The van der Waals surface area contributed by atoms with Crippen LogP contribution >= 0.6 is 0 Å². The van der Waals surface area contributed by atoms with E-state index in [1.165, 1.54) is 34.8 Å². The Bertz CT molecular complexity index is 1580. The molecular weight excluding hydrogens is 513 g/mol. The van der Waals surface area contributed by atoms with Crippen molar-refractivity contribution >= 4 is 19.9 Å². The Labute approximate surface area is 216 Å². The molecule has 1 aliphatic rings. The van der Waals surface area contributed by atoms with Crippen LogP contribution in [0.2, 0.25) is 0 Å². The number of halogens is 1. The summed E-state index contributed by atoms with van der Waals surface area (Å²) in [7, 11) is -7.72. The van der Waals surface area contributed by atoms with Gasteiger partial charge >= 0.3 is 0 Å². The van der Waals surface area contributed by atoms with Crippen molar-refractivity contribution in [2.45, 2.75) is 47.8 Å². The highest BCUT2D eigenvalue weighted by Gasteiger charge is 2.39. The van der Waals surface area contributed by atoms with E-state index < -0.39 is 25.7 Å². The van der Waals surface area contributed by atoms with Crippen molar-refractivity contribution in [3.8, 4) is 0 Å². The van der Waals surface area contributed by atoms with Gasteiger partial charge in [-0.3, -0.25) is 0 Å². The second-order valence-electron chi connectivity index (χ2n) is 9.08. The lowest BCUT2D eigenvalue weighted by Gasteiger charge is -2.23. The molecule has 1 heterocycles. The van der Waals surface area contributed by atoms with Crippen LogP contribution in [-0.4, -0.2) is 36.7 Å². The van der Waals surface area contributed by atoms with E-state index in [1.54, 1.807) is 34.9 Å². The summed E-state index contributed by atoms with van der Waals surface area (Å²) in [6, 6.07) is 22.7. The number of benzene rings is 3. The molecule has 1 aromatic heterocycles. The number of sulfonamides is 1. The summed E-state index contributed by atoms with van der Waals surface area (Å²) in [6.45, 7) is 0.200. The largest absolute Gasteiger partial charge is 0.313 e. The van der Waals surface area contributed by atoms with Crippen LogP contribution in [0.5, 0.6) is 0 Å². The van der Waals surface area contributed by atoms with Gasteiger partial charge in [-0.15, -0.1) is 0 Å². The summed E-state index contributed by atoms with van der Waals surface area (Å²) in [6.07, 6.45) is 2.93. The molecule has 37 heavy (non-hydrogen) atoms. The van der Waals surface area contributed by atoms with Crippen LogP contribution in [0.3, 0.4) is 0 Å². The predicted molar refractivity (Wildman–Crippen MR) is 137 cm³/mol. The van der Waals surface area contributed by atoms with Gasteiger partial charge in [0, 0.05) is 6.04 Å². The highest BCUT2D eigenvalue weighted by Crippen LogP contribution is 2.34. The molecule has 1 fully saturated rings. The van der Waals surface area contributed by atoms with Gasteiger partial charge < -0.3 is 4.57 Å². The maximum Gasteiger partial charge on any atom is 0.243 e. The van der Waals surface area contributed by atoms with Crippen molar-refractivity contribution in [1.29, 1.82) is 0 Å². The van der Waals surface area contributed by atoms with Crippen molar-refractivity contribution in [2.75, 3.05) is 0 Å². The van der Waals surface area contributed by atoms with E-state index in [1.807, 2.05) is 30.3 Å². The molecular formula is C27H26FN3O4S2. The third-order valence-electron chi connectivity index (χ3n) is 6.26. The molecule has 5 rings (SSSR count). The van der Waals surface area contributed by atoms with Crippen LogP contribution in [0.25, 0.3) is 0 Å². The number of sulfone groups is 1. The van der Waals surface area contributed by atoms with Gasteiger partial charge in [-0.2, -0.15) is 4.31 Å². The first kappa shape index (κ1) is 25.3. The van der Waals surface area contributed by atoms with Crippen LogP contribution in [0, 0.1) is 5.82 Å². The molecule has 192 valence electrons. The van der Waals surface area contributed by atoms with Gasteiger partial charge in [-0.25, -0.2) is 26.2 Å². The van der Waals surface area contributed by atoms with Gasteiger partial charge in [0.05, 0.1) is 35.6 Å². The number of aromatic nitrogens is 2. The number of nitrogens with zero attached hydrogens (tertiary/aromatic N) is 3. The highest BCUT2D eigenvalue weighted by atomic mass is 32.2. The van der Waals surface area contributed by atoms with Crippen molar-refractivity contribution < 1.29 is 21.2 Å². The summed E-state index contributed by atoms with van der Waals surface area (Å²) in [4.78, 5) is 4.46. The van der Waals surface area contributed by atoms with Gasteiger partial charge in [-0.1, -0.05) is 60.7 Å². The van der Waals surface area contributed by atoms with E-state index in [9.17, 15) is 21.2 Å². The molecule has 0 spiro atoms. The SMILES string of the molecule is O=S(=O)(Cc1ccc(F)cc1)c1ncc(CN(C2CC2)S(=O)(=O)c2ccccc2)n1Cc1ccccc1. The summed E-state index contributed by atoms with van der Waals surface area (Å²) in [5, 5.41) is -0.150. The van der Waals surface area contributed by atoms with Gasteiger partial charge in [0.2, 0.25) is 25.0 Å². The number of rotatable bonds is 10. The summed E-state index contributed by atoms with van der Waals surface area (Å²) < 4.78 is 70.3. The van der Waals surface area contributed by atoms with Gasteiger partial charge in [0.25, 0.3) is 0 Å². The smallest absolute Gasteiger partial charge is 0.243 e. The predicted octanol–water partition coefficient (Wildman–Crippen LogP) is 4.40. The van der Waals surface area contributed by atoms with Crippen LogP contribution in [-0.2, 0) is 38.7 Å². The van der Waals surface area contributed by atoms with Crippen LogP contribution in [0.4, 0.5) is 4.39 Å². The fraction of sp³-hybridized carbons (Fsp3) is 0.222. The summed E-state index contributed by atoms with van der Waals surface area (Å²) in [5.41, 5.74) is 1.76. The topological polar surface area (TPSA) is 89.3 Å². The standard InChI is InChI=1S/C27H26FN3O4S2/c28-23-13-11-22(12-14-23)20-36(32,33)27-29-17-25(30(27)18-21-7-3-1-4-8-21)19-31(24-15-16-24)37(34,35)26-9-5-2-6-10-26/h1-14,17,24H,15-16,18-20H2. The number of hydrogen-bond acceptors (Lipinski definition) is 5. The molecule has 10 heteroatoms. The molecule has 0 N–H and O–H groups in total. The molecule has 0 aliphatic heterocycles. The Hall–Kier alpha value is -3.34. The van der Waals surface area contributed by atoms with E-state index in [4.69, 9.17) is 0 Å². The van der Waals surface area contributed by atoms with E-state index in [2.05, 4.69) is 4.98 Å². The van der Waals surface area contributed by atoms with Crippen molar-refractivity contribution in [1.82, 2.24) is 13.9 Å². The van der Waals surface area contributed by atoms with Crippen LogP contribution in [0.15, 0.2) is 101 Å². The maximum atomic E-state index is 13.5. The first-order valence-corrected chi connectivity index (χ1v) is 15.0. The number of hydrogen-bond donors (Lipinski definition) is 0. The zero-order valence-electron chi connectivity index (χ0n) is 19.9. The van der Waals surface area contributed by atoms with E-state index in [0.29, 0.717) is 11.3 Å². The molecule has 1 saturated carbocycles. The monoisotopic (exact) mass is 539 g/mol. The minimum absolute atomic E-state index is 0.00615. The lowest BCUT2D eigenvalue weighted by Crippen LogP contribution is -2.33. The first-order chi connectivity index (χ1) is 17.7. The summed E-state index contributed by atoms with van der Waals surface area (Å²) >= 11 is 0. The first-order valence-electron chi connectivity index (χ1n) is 11.9. The average Bonchev–Trinajstić information content (AvgIpc) is 3.65. The molecule has 3 aromatic carbocycles. The third kappa shape index (κ3) is 5.66. The van der Waals surface area contributed by atoms with Crippen LogP contribution in [0.1, 0.15) is 29.7 Å². The second-order valence-corrected chi connectivity index (χ2v) is 12.9. The van der Waals surface area contributed by atoms with E-state index in [-0.39, 0.29) is 34.9 Å². The normalized spacial score (nSPS) is 14.2. The minimum atomic E-state index is -3.92. The third-order valence-corrected chi connectivity index (χ3v) is 9.76. The fourth-order valence-corrected chi connectivity index (χ4v) is 7.40. The molecule has 0 unspecified atom stereocenters. The molecule has 1 aliphatic carbocycles. The molecule has 0 atom stereocenters. The van der Waals surface area contributed by atoms with Crippen molar-refractivity contribution in [2.24, 2.45) is 0 Å². The fourth-order valence-electron chi connectivity index (χ4n) is 4.23. The van der Waals surface area contributed by atoms with Gasteiger partial charge in [0.1, 0.15) is 5.82 Å². The van der Waals surface area contributed by atoms with Gasteiger partial charge in [0.15, 0.2) is 0 Å². The lowest BCUT2D eigenvalue weighted by atomic mass is 10.2. The Morgan fingerprint density at radius 2 is 1.46 bits per heavy atom. The van der Waals surface area contributed by atoms with E-state index >= 15 is 0 Å². The average molecular weight is 540 g/mol. The zero-order valence-corrected chi connectivity index (χ0v) is 21.6. The molecule has 0 radical (unpaired) electrons. The minimum Gasteiger partial charge on any atom is -0.313 e. The van der Waals surface area contributed by atoms with Gasteiger partial charge in [-0.05, 0) is 48.2 Å². The highest BCUT2D eigenvalue weighted by molar-refractivity contribution is 7.90. The van der Waals surface area contributed by atoms with Crippen molar-refractivity contribution in [3.05, 3.63) is 114 Å².